The maximum Gasteiger partial charge on any atom is 0.251 e. The highest BCUT2D eigenvalue weighted by Crippen LogP contribution is 2.30. The Morgan fingerprint density at radius 1 is 1.38 bits per heavy atom. The van der Waals surface area contributed by atoms with E-state index in [9.17, 15) is 4.79 Å². The van der Waals surface area contributed by atoms with Crippen LogP contribution in [-0.4, -0.2) is 30.2 Å². The van der Waals surface area contributed by atoms with E-state index in [1.807, 2.05) is 25.1 Å². The Bertz CT molecular complexity index is 482. The molecule has 1 saturated carbocycles. The van der Waals surface area contributed by atoms with E-state index < -0.39 is 0 Å². The molecule has 4 nitrogen and oxygen atoms in total. The molecular formula is C17H26N2O2. The van der Waals surface area contributed by atoms with Gasteiger partial charge in [0.1, 0.15) is 0 Å². The van der Waals surface area contributed by atoms with Gasteiger partial charge >= 0.3 is 0 Å². The van der Waals surface area contributed by atoms with Crippen molar-refractivity contribution in [1.82, 2.24) is 5.32 Å². The molecule has 0 unspecified atom stereocenters. The minimum absolute atomic E-state index is 0.0402. The van der Waals surface area contributed by atoms with Crippen LogP contribution in [-0.2, 0) is 0 Å². The molecule has 2 rings (SSSR count). The van der Waals surface area contributed by atoms with Crippen molar-refractivity contribution in [1.29, 1.82) is 0 Å². The van der Waals surface area contributed by atoms with Crippen LogP contribution >= 0.6 is 0 Å². The van der Waals surface area contributed by atoms with Gasteiger partial charge in [0.15, 0.2) is 0 Å². The van der Waals surface area contributed by atoms with Crippen LogP contribution in [0.15, 0.2) is 18.2 Å². The molecule has 4 heteroatoms. The highest BCUT2D eigenvalue weighted by atomic mass is 16.3. The van der Waals surface area contributed by atoms with E-state index in [1.54, 1.807) is 0 Å². The Labute approximate surface area is 126 Å². The lowest BCUT2D eigenvalue weighted by atomic mass is 9.98. The topological polar surface area (TPSA) is 61.4 Å². The van der Waals surface area contributed by atoms with Crippen LogP contribution in [0.5, 0.6) is 0 Å². The summed E-state index contributed by atoms with van der Waals surface area (Å²) in [6.45, 7) is 4.45. The first kappa shape index (κ1) is 15.8. The zero-order valence-corrected chi connectivity index (χ0v) is 13.0. The summed E-state index contributed by atoms with van der Waals surface area (Å²) in [5, 5.41) is 15.1. The molecular weight excluding hydrogens is 264 g/mol. The Balaban J connectivity index is 2.07. The molecule has 1 aliphatic carbocycles. The fraction of sp³-hybridized carbons (Fsp3) is 0.588. The van der Waals surface area contributed by atoms with Crippen LogP contribution in [0.3, 0.4) is 0 Å². The lowest BCUT2D eigenvalue weighted by Crippen LogP contribution is -2.28. The summed E-state index contributed by atoms with van der Waals surface area (Å²) in [5.74, 6) is 0.606. The lowest BCUT2D eigenvalue weighted by molar-refractivity contribution is 0.0944. The van der Waals surface area contributed by atoms with Gasteiger partial charge in [0.25, 0.3) is 5.91 Å². The van der Waals surface area contributed by atoms with Gasteiger partial charge in [-0.05, 0) is 50.3 Å². The Hall–Kier alpha value is -1.55. The first-order valence-electron chi connectivity index (χ1n) is 7.88. The summed E-state index contributed by atoms with van der Waals surface area (Å²) in [7, 11) is 0. The molecule has 0 aromatic heterocycles. The summed E-state index contributed by atoms with van der Waals surface area (Å²) < 4.78 is 0. The average Bonchev–Trinajstić information content (AvgIpc) is 3.01. The maximum absolute atomic E-state index is 12.1. The minimum Gasteiger partial charge on any atom is -0.395 e. The normalized spacial score (nSPS) is 16.7. The van der Waals surface area contributed by atoms with Gasteiger partial charge in [-0.25, -0.2) is 0 Å². The molecule has 1 aromatic rings. The number of nitrogens with one attached hydrogen (secondary N) is 2. The third-order valence-electron chi connectivity index (χ3n) is 4.47. The van der Waals surface area contributed by atoms with E-state index in [-0.39, 0.29) is 19.1 Å². The maximum atomic E-state index is 12.1. The monoisotopic (exact) mass is 290 g/mol. The van der Waals surface area contributed by atoms with Crippen LogP contribution in [0.4, 0.5) is 5.69 Å². The first-order chi connectivity index (χ1) is 10.1. The number of amides is 1. The van der Waals surface area contributed by atoms with Crippen LogP contribution in [0, 0.1) is 12.8 Å². The van der Waals surface area contributed by atoms with Gasteiger partial charge in [0.2, 0.25) is 0 Å². The van der Waals surface area contributed by atoms with Gasteiger partial charge in [0.05, 0.1) is 6.61 Å². The third kappa shape index (κ3) is 3.97. The molecule has 0 heterocycles. The number of benzene rings is 1. The molecule has 1 aromatic carbocycles. The van der Waals surface area contributed by atoms with Crippen LogP contribution in [0.25, 0.3) is 0 Å². The van der Waals surface area contributed by atoms with Gasteiger partial charge < -0.3 is 15.7 Å². The van der Waals surface area contributed by atoms with E-state index in [4.69, 9.17) is 5.11 Å². The number of hydrogen-bond acceptors (Lipinski definition) is 3. The molecule has 0 radical (unpaired) electrons. The van der Waals surface area contributed by atoms with Crippen molar-refractivity contribution in [2.75, 3.05) is 18.5 Å². The smallest absolute Gasteiger partial charge is 0.251 e. The fourth-order valence-corrected chi connectivity index (χ4v) is 3.12. The zero-order chi connectivity index (χ0) is 15.2. The van der Waals surface area contributed by atoms with Crippen molar-refractivity contribution in [2.24, 2.45) is 5.92 Å². The number of carbonyl (C=O) groups is 1. The zero-order valence-electron chi connectivity index (χ0n) is 13.0. The van der Waals surface area contributed by atoms with Crippen molar-refractivity contribution >= 4 is 11.6 Å². The SMILES string of the molecule is Cc1c(N[C@H](C)C2CCCC2)cccc1C(=O)NCCO. The predicted octanol–water partition coefficient (Wildman–Crippen LogP) is 2.71. The number of aliphatic hydroxyl groups is 1. The Morgan fingerprint density at radius 2 is 2.10 bits per heavy atom. The van der Waals surface area contributed by atoms with Crippen molar-refractivity contribution in [3.63, 3.8) is 0 Å². The number of hydrogen-bond donors (Lipinski definition) is 3. The van der Waals surface area contributed by atoms with Crippen molar-refractivity contribution in [3.8, 4) is 0 Å². The van der Waals surface area contributed by atoms with Crippen molar-refractivity contribution in [2.45, 2.75) is 45.6 Å². The van der Waals surface area contributed by atoms with Gasteiger partial charge in [0, 0.05) is 23.8 Å². The molecule has 1 amide bonds. The molecule has 0 spiro atoms. The predicted molar refractivity (Wildman–Crippen MR) is 85.6 cm³/mol. The summed E-state index contributed by atoms with van der Waals surface area (Å²) in [5.41, 5.74) is 2.68. The second-order valence-corrected chi connectivity index (χ2v) is 5.94. The van der Waals surface area contributed by atoms with Gasteiger partial charge in [-0.15, -0.1) is 0 Å². The molecule has 21 heavy (non-hydrogen) atoms. The molecule has 0 saturated heterocycles. The summed E-state index contributed by atoms with van der Waals surface area (Å²) in [6, 6.07) is 6.20. The summed E-state index contributed by atoms with van der Waals surface area (Å²) >= 11 is 0. The first-order valence-corrected chi connectivity index (χ1v) is 7.88. The van der Waals surface area contributed by atoms with Gasteiger partial charge in [-0.1, -0.05) is 18.9 Å². The molecule has 116 valence electrons. The largest absolute Gasteiger partial charge is 0.395 e. The van der Waals surface area contributed by atoms with E-state index >= 15 is 0 Å². The van der Waals surface area contributed by atoms with E-state index in [2.05, 4.69) is 17.6 Å². The molecule has 0 aliphatic heterocycles. The summed E-state index contributed by atoms with van der Waals surface area (Å²) in [4.78, 5) is 12.1. The highest BCUT2D eigenvalue weighted by Gasteiger charge is 2.22. The van der Waals surface area contributed by atoms with Gasteiger partial charge in [-0.2, -0.15) is 0 Å². The standard InChI is InChI=1S/C17H26N2O2/c1-12-15(17(21)18-10-11-20)8-5-9-16(12)19-13(2)14-6-3-4-7-14/h5,8-9,13-14,19-20H,3-4,6-7,10-11H2,1-2H3,(H,18,21)/t13-/m1/s1. The van der Waals surface area contributed by atoms with Crippen molar-refractivity contribution in [3.05, 3.63) is 29.3 Å². The second kappa shape index (κ2) is 7.46. The Kier molecular flexibility index (Phi) is 5.62. The van der Waals surface area contributed by atoms with Crippen LogP contribution in [0.1, 0.15) is 48.5 Å². The van der Waals surface area contributed by atoms with Crippen molar-refractivity contribution < 1.29 is 9.90 Å². The molecule has 1 aliphatic rings. The molecule has 0 bridgehead atoms. The van der Waals surface area contributed by atoms with E-state index in [0.29, 0.717) is 11.6 Å². The number of rotatable bonds is 6. The summed E-state index contributed by atoms with van der Waals surface area (Å²) in [6.07, 6.45) is 5.26. The number of aliphatic hydroxyl groups excluding tert-OH is 1. The fourth-order valence-electron chi connectivity index (χ4n) is 3.12. The Morgan fingerprint density at radius 3 is 2.76 bits per heavy atom. The molecule has 3 N–H and O–H groups in total. The number of anilines is 1. The van der Waals surface area contributed by atoms with Crippen LogP contribution < -0.4 is 10.6 Å². The number of carbonyl (C=O) groups excluding carboxylic acids is 1. The van der Waals surface area contributed by atoms with E-state index in [1.165, 1.54) is 25.7 Å². The lowest BCUT2D eigenvalue weighted by Gasteiger charge is -2.23. The van der Waals surface area contributed by atoms with E-state index in [0.717, 1.165) is 17.2 Å². The quantitative estimate of drug-likeness (QED) is 0.755. The average molecular weight is 290 g/mol. The molecule has 1 atom stereocenters. The second-order valence-electron chi connectivity index (χ2n) is 5.94. The minimum atomic E-state index is -0.126. The third-order valence-corrected chi connectivity index (χ3v) is 4.47. The van der Waals surface area contributed by atoms with Crippen LogP contribution in [0.2, 0.25) is 0 Å². The van der Waals surface area contributed by atoms with Gasteiger partial charge in [-0.3, -0.25) is 4.79 Å². The highest BCUT2D eigenvalue weighted by molar-refractivity contribution is 5.97. The molecule has 1 fully saturated rings.